The number of aryl methyl sites for hydroxylation is 2. The average Bonchev–Trinajstić information content (AvgIpc) is 2.99. The van der Waals surface area contributed by atoms with E-state index in [1.54, 1.807) is 24.1 Å². The van der Waals surface area contributed by atoms with Gasteiger partial charge in [-0.1, -0.05) is 25.1 Å². The minimum absolute atomic E-state index is 0.311. The van der Waals surface area contributed by atoms with Crippen LogP contribution in [0.5, 0.6) is 5.75 Å². The van der Waals surface area contributed by atoms with Gasteiger partial charge in [0.2, 0.25) is 5.91 Å². The quantitative estimate of drug-likeness (QED) is 0.691. The van der Waals surface area contributed by atoms with Crippen LogP contribution >= 0.6 is 0 Å². The molecule has 0 saturated carbocycles. The molecule has 0 aliphatic carbocycles. The van der Waals surface area contributed by atoms with Crippen LogP contribution in [0, 0.1) is 13.8 Å². The molecule has 2 aromatic rings. The van der Waals surface area contributed by atoms with E-state index in [0.29, 0.717) is 24.3 Å². The molecule has 0 radical (unpaired) electrons. The van der Waals surface area contributed by atoms with Crippen molar-refractivity contribution in [2.45, 2.75) is 39.7 Å². The van der Waals surface area contributed by atoms with Crippen molar-refractivity contribution in [3.8, 4) is 5.75 Å². The molecule has 4 amide bonds. The minimum atomic E-state index is -1.20. The lowest BCUT2D eigenvalue weighted by Crippen LogP contribution is -2.45. The minimum Gasteiger partial charge on any atom is -0.496 e. The fourth-order valence-corrected chi connectivity index (χ4v) is 4.07. The second kappa shape index (κ2) is 8.79. The van der Waals surface area contributed by atoms with Gasteiger partial charge < -0.3 is 15.0 Å². The highest BCUT2D eigenvalue weighted by Gasteiger charge is 2.52. The van der Waals surface area contributed by atoms with E-state index in [1.165, 1.54) is 0 Å². The number of nitrogens with one attached hydrogen (secondary N) is 1. The molecule has 1 unspecified atom stereocenters. The fourth-order valence-electron chi connectivity index (χ4n) is 4.07. The lowest BCUT2D eigenvalue weighted by molar-refractivity contribution is -0.134. The Kier molecular flexibility index (Phi) is 6.34. The SMILES string of the molecule is CCN(C(=O)CN1C(=O)NC(CC)(c2ccc(OC)c(C)c2)C1=O)c1cccc(C)c1. The molecule has 31 heavy (non-hydrogen) atoms. The van der Waals surface area contributed by atoms with Gasteiger partial charge in [-0.25, -0.2) is 4.79 Å². The van der Waals surface area contributed by atoms with Crippen LogP contribution < -0.4 is 15.0 Å². The van der Waals surface area contributed by atoms with E-state index in [1.807, 2.05) is 58.0 Å². The van der Waals surface area contributed by atoms with Crippen LogP contribution in [-0.2, 0) is 15.1 Å². The topological polar surface area (TPSA) is 79.0 Å². The smallest absolute Gasteiger partial charge is 0.325 e. The van der Waals surface area contributed by atoms with Crippen LogP contribution in [0.4, 0.5) is 10.5 Å². The van der Waals surface area contributed by atoms with Gasteiger partial charge in [-0.15, -0.1) is 0 Å². The van der Waals surface area contributed by atoms with Gasteiger partial charge in [0.15, 0.2) is 0 Å². The lowest BCUT2D eigenvalue weighted by Gasteiger charge is -2.27. The highest BCUT2D eigenvalue weighted by atomic mass is 16.5. The van der Waals surface area contributed by atoms with Crippen LogP contribution in [0.25, 0.3) is 0 Å². The van der Waals surface area contributed by atoms with Gasteiger partial charge in [0.05, 0.1) is 7.11 Å². The monoisotopic (exact) mass is 423 g/mol. The number of imide groups is 1. The van der Waals surface area contributed by atoms with Crippen LogP contribution in [-0.4, -0.2) is 42.9 Å². The first-order valence-corrected chi connectivity index (χ1v) is 10.4. The zero-order valence-corrected chi connectivity index (χ0v) is 18.7. The Labute approximate surface area is 183 Å². The predicted molar refractivity (Wildman–Crippen MR) is 119 cm³/mol. The van der Waals surface area contributed by atoms with E-state index in [-0.39, 0.29) is 12.5 Å². The fraction of sp³-hybridized carbons (Fsp3) is 0.375. The molecule has 1 aliphatic rings. The number of rotatable bonds is 7. The van der Waals surface area contributed by atoms with Crippen molar-refractivity contribution in [2.75, 3.05) is 25.1 Å². The number of amides is 4. The van der Waals surface area contributed by atoms with Crippen molar-refractivity contribution >= 4 is 23.5 Å². The Bertz CT molecular complexity index is 1020. The molecule has 2 aromatic carbocycles. The van der Waals surface area contributed by atoms with Gasteiger partial charge in [0, 0.05) is 12.2 Å². The molecule has 0 bridgehead atoms. The molecular formula is C24H29N3O4. The number of nitrogens with zero attached hydrogens (tertiary/aromatic N) is 2. The molecule has 1 atom stereocenters. The predicted octanol–water partition coefficient (Wildman–Crippen LogP) is 3.52. The summed E-state index contributed by atoms with van der Waals surface area (Å²) in [4.78, 5) is 41.8. The van der Waals surface area contributed by atoms with Crippen LogP contribution in [0.3, 0.4) is 0 Å². The molecule has 1 N–H and O–H groups in total. The Morgan fingerprint density at radius 3 is 2.45 bits per heavy atom. The number of urea groups is 1. The van der Waals surface area contributed by atoms with Gasteiger partial charge in [0.25, 0.3) is 5.91 Å². The first kappa shape index (κ1) is 22.3. The summed E-state index contributed by atoms with van der Waals surface area (Å²) in [6.45, 7) is 7.66. The maximum absolute atomic E-state index is 13.4. The Hall–Kier alpha value is -3.35. The third-order valence-corrected chi connectivity index (χ3v) is 5.82. The van der Waals surface area contributed by atoms with E-state index >= 15 is 0 Å². The normalized spacial score (nSPS) is 18.2. The van der Waals surface area contributed by atoms with Crippen LogP contribution in [0.2, 0.25) is 0 Å². The Morgan fingerprint density at radius 1 is 1.13 bits per heavy atom. The zero-order chi connectivity index (χ0) is 22.8. The summed E-state index contributed by atoms with van der Waals surface area (Å²) in [5.41, 5.74) is 2.11. The highest BCUT2D eigenvalue weighted by Crippen LogP contribution is 2.34. The molecule has 3 rings (SSSR count). The highest BCUT2D eigenvalue weighted by molar-refractivity contribution is 6.10. The van der Waals surface area contributed by atoms with Gasteiger partial charge in [-0.3, -0.25) is 14.5 Å². The number of carbonyl (C=O) groups excluding carboxylic acids is 3. The lowest BCUT2D eigenvalue weighted by atomic mass is 9.86. The molecule has 0 spiro atoms. The summed E-state index contributed by atoms with van der Waals surface area (Å²) in [6, 6.07) is 12.4. The molecule has 0 aromatic heterocycles. The average molecular weight is 424 g/mol. The number of hydrogen-bond donors (Lipinski definition) is 1. The maximum Gasteiger partial charge on any atom is 0.325 e. The number of anilines is 1. The molecule has 7 nitrogen and oxygen atoms in total. The van der Waals surface area contributed by atoms with Crippen molar-refractivity contribution in [1.82, 2.24) is 10.2 Å². The van der Waals surface area contributed by atoms with Crippen molar-refractivity contribution in [2.24, 2.45) is 0 Å². The zero-order valence-electron chi connectivity index (χ0n) is 18.7. The summed E-state index contributed by atoms with van der Waals surface area (Å²) < 4.78 is 5.31. The standard InChI is InChI=1S/C24H29N3O4/c1-6-24(18-11-12-20(31-5)17(4)14-18)22(29)27(23(30)25-24)15-21(28)26(7-2)19-10-8-9-16(3)13-19/h8-14H,6-7,15H2,1-5H3,(H,25,30). The summed E-state index contributed by atoms with van der Waals surface area (Å²) in [7, 11) is 1.58. The third-order valence-electron chi connectivity index (χ3n) is 5.82. The number of methoxy groups -OCH3 is 1. The summed E-state index contributed by atoms with van der Waals surface area (Å²) in [5, 5.41) is 2.83. The Morgan fingerprint density at radius 2 is 1.87 bits per heavy atom. The van der Waals surface area contributed by atoms with Gasteiger partial charge in [-0.2, -0.15) is 0 Å². The van der Waals surface area contributed by atoms with E-state index < -0.39 is 17.5 Å². The Balaban J connectivity index is 1.88. The number of ether oxygens (including phenoxy) is 1. The third kappa shape index (κ3) is 4.00. The van der Waals surface area contributed by atoms with Crippen molar-refractivity contribution < 1.29 is 19.1 Å². The van der Waals surface area contributed by atoms with Crippen molar-refractivity contribution in [1.29, 1.82) is 0 Å². The first-order valence-electron chi connectivity index (χ1n) is 10.4. The molecular weight excluding hydrogens is 394 g/mol. The largest absolute Gasteiger partial charge is 0.496 e. The summed E-state index contributed by atoms with van der Waals surface area (Å²) in [6.07, 6.45) is 0.364. The van der Waals surface area contributed by atoms with Crippen molar-refractivity contribution in [3.05, 3.63) is 59.2 Å². The second-order valence-electron chi connectivity index (χ2n) is 7.74. The van der Waals surface area contributed by atoms with E-state index in [0.717, 1.165) is 21.7 Å². The second-order valence-corrected chi connectivity index (χ2v) is 7.74. The van der Waals surface area contributed by atoms with Crippen LogP contribution in [0.15, 0.2) is 42.5 Å². The maximum atomic E-state index is 13.4. The van der Waals surface area contributed by atoms with Crippen LogP contribution in [0.1, 0.15) is 37.0 Å². The number of likely N-dealkylation sites (N-methyl/N-ethyl adjacent to an activating group) is 1. The molecule has 1 fully saturated rings. The summed E-state index contributed by atoms with van der Waals surface area (Å²) in [5.74, 6) is -0.0248. The van der Waals surface area contributed by atoms with Crippen molar-refractivity contribution in [3.63, 3.8) is 0 Å². The van der Waals surface area contributed by atoms with E-state index in [9.17, 15) is 14.4 Å². The number of hydrogen-bond acceptors (Lipinski definition) is 4. The molecule has 1 saturated heterocycles. The molecule has 164 valence electrons. The van der Waals surface area contributed by atoms with E-state index in [4.69, 9.17) is 4.74 Å². The number of carbonyl (C=O) groups is 3. The van der Waals surface area contributed by atoms with Gasteiger partial charge in [-0.05, 0) is 68.1 Å². The van der Waals surface area contributed by atoms with Gasteiger partial charge in [0.1, 0.15) is 17.8 Å². The molecule has 1 heterocycles. The molecule has 1 aliphatic heterocycles. The first-order chi connectivity index (χ1) is 14.8. The number of benzene rings is 2. The molecule has 7 heteroatoms. The van der Waals surface area contributed by atoms with Gasteiger partial charge >= 0.3 is 6.03 Å². The summed E-state index contributed by atoms with van der Waals surface area (Å²) >= 11 is 0. The van der Waals surface area contributed by atoms with E-state index in [2.05, 4.69) is 5.32 Å².